The first kappa shape index (κ1) is 14.1. The van der Waals surface area contributed by atoms with E-state index in [0.29, 0.717) is 19.4 Å². The second-order valence-electron chi connectivity index (χ2n) is 3.54. The van der Waals surface area contributed by atoms with Crippen LogP contribution in [0.15, 0.2) is 0 Å². The molecule has 4 heteroatoms. The summed E-state index contributed by atoms with van der Waals surface area (Å²) < 4.78 is 5.53. The van der Waals surface area contributed by atoms with E-state index < -0.39 is 18.0 Å². The van der Waals surface area contributed by atoms with E-state index in [1.807, 2.05) is 20.8 Å². The molecule has 0 fully saturated rings. The summed E-state index contributed by atoms with van der Waals surface area (Å²) in [7, 11) is 0. The van der Waals surface area contributed by atoms with E-state index in [9.17, 15) is 9.59 Å². The van der Waals surface area contributed by atoms with Gasteiger partial charge in [0.25, 0.3) is 0 Å². The minimum Gasteiger partial charge on any atom is -0.481 e. The molecule has 0 radical (unpaired) electrons. The van der Waals surface area contributed by atoms with E-state index >= 15 is 0 Å². The van der Waals surface area contributed by atoms with Crippen molar-refractivity contribution < 1.29 is 19.4 Å². The van der Waals surface area contributed by atoms with Gasteiger partial charge in [-0.1, -0.05) is 20.8 Å². The number of carbonyl (C=O) groups is 2. The molecule has 1 N–H and O–H groups in total. The van der Waals surface area contributed by atoms with Gasteiger partial charge in [0.05, 0.1) is 0 Å². The van der Waals surface area contributed by atoms with Gasteiger partial charge in [-0.3, -0.25) is 9.59 Å². The van der Waals surface area contributed by atoms with Crippen LogP contribution in [0.2, 0.25) is 0 Å². The molecule has 0 spiro atoms. The van der Waals surface area contributed by atoms with Gasteiger partial charge in [0.2, 0.25) is 0 Å². The van der Waals surface area contributed by atoms with Crippen LogP contribution in [-0.4, -0.2) is 29.1 Å². The fourth-order valence-corrected chi connectivity index (χ4v) is 1.52. The quantitative estimate of drug-likeness (QED) is 0.630. The van der Waals surface area contributed by atoms with Crippen LogP contribution in [-0.2, 0) is 14.3 Å². The molecular weight excluding hydrogens is 196 g/mol. The molecule has 88 valence electrons. The van der Waals surface area contributed by atoms with Crippen LogP contribution in [0, 0.1) is 0 Å². The number of ketones is 1. The number of carboxylic acid groups (broad SMARTS) is 1. The van der Waals surface area contributed by atoms with E-state index in [0.717, 1.165) is 6.42 Å². The number of carbonyl (C=O) groups excluding carboxylic acids is 1. The fraction of sp³-hybridized carbons (Fsp3) is 0.818. The van der Waals surface area contributed by atoms with Gasteiger partial charge in [0, 0.05) is 6.61 Å². The molecule has 0 heterocycles. The zero-order chi connectivity index (χ0) is 11.9. The number of hydrogen-bond acceptors (Lipinski definition) is 3. The Bertz CT molecular complexity index is 219. The normalized spacial score (nSPS) is 11.4. The summed E-state index contributed by atoms with van der Waals surface area (Å²) in [4.78, 5) is 22.2. The molecule has 0 amide bonds. The first-order chi connectivity index (χ1) is 7.02. The number of aliphatic carboxylic acids is 1. The van der Waals surface area contributed by atoms with E-state index in [1.54, 1.807) is 0 Å². The van der Waals surface area contributed by atoms with Crippen molar-refractivity contribution in [3.8, 4) is 0 Å². The molecule has 0 aromatic carbocycles. The molecule has 0 aliphatic heterocycles. The van der Waals surface area contributed by atoms with Crippen molar-refractivity contribution in [3.05, 3.63) is 0 Å². The van der Waals surface area contributed by atoms with Crippen LogP contribution in [0.3, 0.4) is 0 Å². The Morgan fingerprint density at radius 1 is 1.20 bits per heavy atom. The maximum atomic E-state index is 11.7. The van der Waals surface area contributed by atoms with Crippen molar-refractivity contribution in [2.24, 2.45) is 0 Å². The van der Waals surface area contributed by atoms with Gasteiger partial charge in [0.1, 0.15) is 12.0 Å². The molecule has 0 atom stereocenters. The molecule has 4 nitrogen and oxygen atoms in total. The van der Waals surface area contributed by atoms with Gasteiger partial charge in [-0.25, -0.2) is 0 Å². The Labute approximate surface area is 90.6 Å². The molecule has 0 aliphatic rings. The average molecular weight is 216 g/mol. The molecule has 0 aliphatic carbocycles. The molecule has 0 rings (SSSR count). The third-order valence-electron chi connectivity index (χ3n) is 2.54. The zero-order valence-electron chi connectivity index (χ0n) is 9.71. The Morgan fingerprint density at radius 2 is 1.73 bits per heavy atom. The van der Waals surface area contributed by atoms with Crippen molar-refractivity contribution in [1.29, 1.82) is 0 Å². The Morgan fingerprint density at radius 3 is 2.07 bits per heavy atom. The molecular formula is C11H20O4. The smallest absolute Gasteiger partial charge is 0.310 e. The lowest BCUT2D eigenvalue weighted by atomic mass is 9.90. The topological polar surface area (TPSA) is 63.6 Å². The molecule has 0 saturated carbocycles. The van der Waals surface area contributed by atoms with Gasteiger partial charge >= 0.3 is 5.97 Å². The second-order valence-corrected chi connectivity index (χ2v) is 3.54. The summed E-state index contributed by atoms with van der Waals surface area (Å²) in [6.45, 7) is 6.14. The predicted molar refractivity (Wildman–Crippen MR) is 56.8 cm³/mol. The zero-order valence-corrected chi connectivity index (χ0v) is 9.71. The molecule has 0 unspecified atom stereocenters. The van der Waals surface area contributed by atoms with Crippen molar-refractivity contribution in [2.45, 2.75) is 52.1 Å². The Balaban J connectivity index is 4.59. The number of Topliss-reactive ketones (excluding diaryl/α,β-unsaturated/α-hetero) is 1. The summed E-state index contributed by atoms with van der Waals surface area (Å²) in [5.41, 5.74) is -0.894. The number of hydrogen-bond donors (Lipinski definition) is 1. The van der Waals surface area contributed by atoms with E-state index in [2.05, 4.69) is 0 Å². The minimum atomic E-state index is -1.09. The summed E-state index contributed by atoms with van der Waals surface area (Å²) in [6.07, 6.45) is 1.42. The van der Waals surface area contributed by atoms with Crippen LogP contribution in [0.1, 0.15) is 46.5 Å². The summed E-state index contributed by atoms with van der Waals surface area (Å²) in [5.74, 6) is -1.42. The van der Waals surface area contributed by atoms with E-state index in [-0.39, 0.29) is 5.78 Å². The first-order valence-corrected chi connectivity index (χ1v) is 5.41. The number of ether oxygens (including phenoxy) is 1. The highest BCUT2D eigenvalue weighted by molar-refractivity contribution is 5.99. The molecule has 0 aromatic rings. The highest BCUT2D eigenvalue weighted by atomic mass is 16.5. The van der Waals surface area contributed by atoms with Gasteiger partial charge in [-0.05, 0) is 19.3 Å². The monoisotopic (exact) mass is 216 g/mol. The van der Waals surface area contributed by atoms with E-state index in [4.69, 9.17) is 9.84 Å². The predicted octanol–water partition coefficient (Wildman–Crippen LogP) is 2.02. The van der Waals surface area contributed by atoms with Crippen molar-refractivity contribution in [2.75, 3.05) is 6.61 Å². The third-order valence-corrected chi connectivity index (χ3v) is 2.54. The third kappa shape index (κ3) is 4.00. The van der Waals surface area contributed by atoms with Crippen molar-refractivity contribution in [3.63, 3.8) is 0 Å². The van der Waals surface area contributed by atoms with Crippen LogP contribution in [0.4, 0.5) is 0 Å². The summed E-state index contributed by atoms with van der Waals surface area (Å²) in [5, 5.41) is 8.59. The Hall–Kier alpha value is -0.900. The largest absolute Gasteiger partial charge is 0.481 e. The highest BCUT2D eigenvalue weighted by Gasteiger charge is 2.36. The van der Waals surface area contributed by atoms with Crippen LogP contribution < -0.4 is 0 Å². The Kier molecular flexibility index (Phi) is 6.17. The fourth-order valence-electron chi connectivity index (χ4n) is 1.52. The number of rotatable bonds is 8. The lowest BCUT2D eigenvalue weighted by molar-refractivity contribution is -0.152. The van der Waals surface area contributed by atoms with Gasteiger partial charge in [-0.15, -0.1) is 0 Å². The maximum Gasteiger partial charge on any atom is 0.310 e. The maximum absolute atomic E-state index is 11.7. The first-order valence-electron chi connectivity index (χ1n) is 5.41. The van der Waals surface area contributed by atoms with Crippen molar-refractivity contribution in [1.82, 2.24) is 0 Å². The summed E-state index contributed by atoms with van der Waals surface area (Å²) in [6, 6.07) is 0. The molecule has 15 heavy (non-hydrogen) atoms. The van der Waals surface area contributed by atoms with Gasteiger partial charge in [-0.2, -0.15) is 0 Å². The second kappa shape index (κ2) is 6.56. The summed E-state index contributed by atoms with van der Waals surface area (Å²) >= 11 is 0. The SMILES string of the molecule is CCCOC(CC)(CC)C(=O)CC(=O)O. The molecule has 0 saturated heterocycles. The minimum absolute atomic E-state index is 0.326. The van der Waals surface area contributed by atoms with Crippen LogP contribution in [0.5, 0.6) is 0 Å². The van der Waals surface area contributed by atoms with Gasteiger partial charge < -0.3 is 9.84 Å². The van der Waals surface area contributed by atoms with Crippen molar-refractivity contribution >= 4 is 11.8 Å². The lowest BCUT2D eigenvalue weighted by Crippen LogP contribution is -2.41. The van der Waals surface area contributed by atoms with Gasteiger partial charge in [0.15, 0.2) is 5.78 Å². The lowest BCUT2D eigenvalue weighted by Gasteiger charge is -2.29. The molecule has 0 aromatic heterocycles. The number of carboxylic acids is 1. The van der Waals surface area contributed by atoms with Crippen LogP contribution in [0.25, 0.3) is 0 Å². The molecule has 0 bridgehead atoms. The highest BCUT2D eigenvalue weighted by Crippen LogP contribution is 2.23. The van der Waals surface area contributed by atoms with E-state index in [1.165, 1.54) is 0 Å². The average Bonchev–Trinajstić information content (AvgIpc) is 2.19. The standard InChI is InChI=1S/C11H20O4/c1-4-7-15-11(5-2,6-3)9(12)8-10(13)14/h4-8H2,1-3H3,(H,13,14). The van der Waals surface area contributed by atoms with Crippen LogP contribution >= 0.6 is 0 Å².